The van der Waals surface area contributed by atoms with Crippen LogP contribution in [0.1, 0.15) is 48.7 Å². The largest absolute Gasteiger partial charge is 0.342 e. The highest BCUT2D eigenvalue weighted by Crippen LogP contribution is 2.26. The van der Waals surface area contributed by atoms with Crippen LogP contribution in [0.25, 0.3) is 5.65 Å². The van der Waals surface area contributed by atoms with Gasteiger partial charge in [-0.05, 0) is 68.0 Å². The van der Waals surface area contributed by atoms with Crippen LogP contribution in [0, 0.1) is 11.8 Å². The zero-order valence-electron chi connectivity index (χ0n) is 19.7. The third-order valence-corrected chi connectivity index (χ3v) is 8.05. The Balaban J connectivity index is 1.12. The van der Waals surface area contributed by atoms with Crippen molar-refractivity contribution < 1.29 is 9.59 Å². The van der Waals surface area contributed by atoms with Gasteiger partial charge in [0.05, 0.1) is 5.69 Å². The SMILES string of the molecule is CC1CCCN(C(=O)C2CCN(C(=O)c3ccc(SCc4cn5ccccc5n4)cc3)CC2)C1. The summed E-state index contributed by atoms with van der Waals surface area (Å²) in [5.74, 6) is 1.81. The predicted molar refractivity (Wildman–Crippen MR) is 135 cm³/mol. The summed E-state index contributed by atoms with van der Waals surface area (Å²) in [5, 5.41) is 0. The molecule has 0 saturated carbocycles. The van der Waals surface area contributed by atoms with Crippen LogP contribution >= 0.6 is 11.8 Å². The van der Waals surface area contributed by atoms with Gasteiger partial charge >= 0.3 is 0 Å². The average molecular weight is 477 g/mol. The summed E-state index contributed by atoms with van der Waals surface area (Å²) in [6.07, 6.45) is 7.92. The number of nitrogens with zero attached hydrogens (tertiary/aromatic N) is 4. The minimum absolute atomic E-state index is 0.0627. The maximum atomic E-state index is 13.0. The number of amides is 2. The molecule has 0 bridgehead atoms. The fourth-order valence-corrected chi connectivity index (χ4v) is 5.85. The lowest BCUT2D eigenvalue weighted by Gasteiger charge is -2.37. The molecule has 0 aliphatic carbocycles. The maximum absolute atomic E-state index is 13.0. The van der Waals surface area contributed by atoms with E-state index >= 15 is 0 Å². The molecule has 2 aliphatic heterocycles. The standard InChI is InChI=1S/C27H32N4O2S/c1-20-5-4-14-31(17-20)27(33)22-11-15-29(16-12-22)26(32)21-7-9-24(10-8-21)34-19-23-18-30-13-3-2-6-25(30)28-23/h2-3,6-10,13,18,20,22H,4-5,11-12,14-17,19H2,1H3. The highest BCUT2D eigenvalue weighted by Gasteiger charge is 2.32. The number of rotatable bonds is 5. The molecule has 6 nitrogen and oxygen atoms in total. The van der Waals surface area contributed by atoms with E-state index in [1.54, 1.807) is 11.8 Å². The first-order chi connectivity index (χ1) is 16.6. The van der Waals surface area contributed by atoms with Gasteiger partial charge < -0.3 is 14.2 Å². The van der Waals surface area contributed by atoms with E-state index in [0.29, 0.717) is 30.5 Å². The highest BCUT2D eigenvalue weighted by atomic mass is 32.2. The molecule has 0 spiro atoms. The molecule has 0 N–H and O–H groups in total. The van der Waals surface area contributed by atoms with E-state index in [1.165, 1.54) is 6.42 Å². The van der Waals surface area contributed by atoms with Crippen molar-refractivity contribution in [3.63, 3.8) is 0 Å². The quantitative estimate of drug-likeness (QED) is 0.499. The van der Waals surface area contributed by atoms with Crippen molar-refractivity contribution in [3.8, 4) is 0 Å². The number of pyridine rings is 1. The number of fused-ring (bicyclic) bond motifs is 1. The number of hydrogen-bond donors (Lipinski definition) is 0. The number of imidazole rings is 1. The van der Waals surface area contributed by atoms with Crippen LogP contribution in [0.5, 0.6) is 0 Å². The van der Waals surface area contributed by atoms with E-state index in [2.05, 4.69) is 23.0 Å². The number of benzene rings is 1. The lowest BCUT2D eigenvalue weighted by atomic mass is 9.92. The maximum Gasteiger partial charge on any atom is 0.253 e. The Morgan fingerprint density at radius 2 is 1.79 bits per heavy atom. The van der Waals surface area contributed by atoms with Gasteiger partial charge in [0.15, 0.2) is 0 Å². The lowest BCUT2D eigenvalue weighted by molar-refractivity contribution is -0.138. The van der Waals surface area contributed by atoms with Gasteiger partial charge in [-0.25, -0.2) is 4.98 Å². The molecule has 3 aromatic rings. The molecular formula is C27H32N4O2S. The molecule has 1 atom stereocenters. The molecule has 5 rings (SSSR count). The van der Waals surface area contributed by atoms with Crippen LogP contribution in [-0.2, 0) is 10.5 Å². The van der Waals surface area contributed by atoms with Crippen molar-refractivity contribution in [1.82, 2.24) is 19.2 Å². The molecule has 2 fully saturated rings. The van der Waals surface area contributed by atoms with E-state index in [1.807, 2.05) is 58.0 Å². The van der Waals surface area contributed by atoms with Crippen LogP contribution in [0.3, 0.4) is 0 Å². The normalized spacial score (nSPS) is 19.5. The lowest BCUT2D eigenvalue weighted by Crippen LogP contribution is -2.47. The minimum Gasteiger partial charge on any atom is -0.342 e. The molecule has 1 unspecified atom stereocenters. The molecular weight excluding hydrogens is 444 g/mol. The summed E-state index contributed by atoms with van der Waals surface area (Å²) in [6, 6.07) is 13.9. The van der Waals surface area contributed by atoms with Gasteiger partial charge in [0, 0.05) is 60.7 Å². The van der Waals surface area contributed by atoms with Crippen molar-refractivity contribution in [2.24, 2.45) is 11.8 Å². The van der Waals surface area contributed by atoms with E-state index in [9.17, 15) is 9.59 Å². The zero-order chi connectivity index (χ0) is 23.5. The fraction of sp³-hybridized carbons (Fsp3) is 0.444. The van der Waals surface area contributed by atoms with E-state index in [4.69, 9.17) is 0 Å². The highest BCUT2D eigenvalue weighted by molar-refractivity contribution is 7.98. The topological polar surface area (TPSA) is 57.9 Å². The van der Waals surface area contributed by atoms with Gasteiger partial charge in [-0.3, -0.25) is 9.59 Å². The molecule has 34 heavy (non-hydrogen) atoms. The zero-order valence-corrected chi connectivity index (χ0v) is 20.5. The van der Waals surface area contributed by atoms with Crippen LogP contribution in [-0.4, -0.2) is 57.2 Å². The minimum atomic E-state index is 0.0627. The number of likely N-dealkylation sites (tertiary alicyclic amines) is 2. The van der Waals surface area contributed by atoms with E-state index in [0.717, 1.165) is 54.3 Å². The molecule has 2 saturated heterocycles. The Hall–Kier alpha value is -2.80. The Morgan fingerprint density at radius 3 is 2.53 bits per heavy atom. The smallest absolute Gasteiger partial charge is 0.253 e. The summed E-state index contributed by atoms with van der Waals surface area (Å²) >= 11 is 1.72. The van der Waals surface area contributed by atoms with E-state index < -0.39 is 0 Å². The van der Waals surface area contributed by atoms with Gasteiger partial charge in [-0.15, -0.1) is 11.8 Å². The molecule has 178 valence electrons. The van der Waals surface area contributed by atoms with Crippen LogP contribution < -0.4 is 0 Å². The Morgan fingerprint density at radius 1 is 1.00 bits per heavy atom. The number of piperidine rings is 2. The molecule has 2 amide bonds. The molecule has 7 heteroatoms. The van der Waals surface area contributed by atoms with Gasteiger partial charge in [0.1, 0.15) is 5.65 Å². The Bertz CT molecular complexity index is 1120. The van der Waals surface area contributed by atoms with Gasteiger partial charge in [0.25, 0.3) is 5.91 Å². The third-order valence-electron chi connectivity index (χ3n) is 7.00. The number of hydrogen-bond acceptors (Lipinski definition) is 4. The molecule has 1 aromatic carbocycles. The molecule has 0 radical (unpaired) electrons. The summed E-state index contributed by atoms with van der Waals surface area (Å²) in [5.41, 5.74) is 2.70. The first-order valence-corrected chi connectivity index (χ1v) is 13.3. The third kappa shape index (κ3) is 5.14. The molecule has 2 aliphatic rings. The summed E-state index contributed by atoms with van der Waals surface area (Å²) in [6.45, 7) is 5.32. The van der Waals surface area contributed by atoms with Crippen LogP contribution in [0.15, 0.2) is 59.8 Å². The van der Waals surface area contributed by atoms with Crippen molar-refractivity contribution in [3.05, 3.63) is 66.1 Å². The predicted octanol–water partition coefficient (Wildman–Crippen LogP) is 4.74. The Kier molecular flexibility index (Phi) is 6.90. The summed E-state index contributed by atoms with van der Waals surface area (Å²) < 4.78 is 2.03. The first kappa shape index (κ1) is 23.0. The second-order valence-corrected chi connectivity index (χ2v) is 10.7. The second kappa shape index (κ2) is 10.2. The number of aromatic nitrogens is 2. The average Bonchev–Trinajstić information content (AvgIpc) is 3.30. The Labute approximate surface area is 205 Å². The van der Waals surface area contributed by atoms with Gasteiger partial charge in [-0.1, -0.05) is 13.0 Å². The number of carbonyl (C=O) groups is 2. The fourth-order valence-electron chi connectivity index (χ4n) is 5.07. The molecule has 2 aromatic heterocycles. The van der Waals surface area contributed by atoms with Gasteiger partial charge in [-0.2, -0.15) is 0 Å². The van der Waals surface area contributed by atoms with Crippen molar-refractivity contribution in [2.75, 3.05) is 26.2 Å². The van der Waals surface area contributed by atoms with Crippen LogP contribution in [0.4, 0.5) is 0 Å². The van der Waals surface area contributed by atoms with Crippen molar-refractivity contribution in [2.45, 2.75) is 43.3 Å². The monoisotopic (exact) mass is 476 g/mol. The van der Waals surface area contributed by atoms with Crippen molar-refractivity contribution in [1.29, 1.82) is 0 Å². The first-order valence-electron chi connectivity index (χ1n) is 12.3. The summed E-state index contributed by atoms with van der Waals surface area (Å²) in [7, 11) is 0. The number of thioether (sulfide) groups is 1. The molecule has 4 heterocycles. The van der Waals surface area contributed by atoms with E-state index in [-0.39, 0.29) is 11.8 Å². The van der Waals surface area contributed by atoms with Gasteiger partial charge in [0.2, 0.25) is 5.91 Å². The number of carbonyl (C=O) groups excluding carboxylic acids is 2. The second-order valence-electron chi connectivity index (χ2n) is 9.61. The van der Waals surface area contributed by atoms with Crippen molar-refractivity contribution >= 4 is 29.2 Å². The van der Waals surface area contributed by atoms with Crippen LogP contribution in [0.2, 0.25) is 0 Å². The summed E-state index contributed by atoms with van der Waals surface area (Å²) in [4.78, 5) is 35.7.